The summed E-state index contributed by atoms with van der Waals surface area (Å²) >= 11 is 12.8. The van der Waals surface area contributed by atoms with Gasteiger partial charge in [0.1, 0.15) is 15.8 Å². The van der Waals surface area contributed by atoms with E-state index in [9.17, 15) is 4.79 Å². The highest BCUT2D eigenvalue weighted by Gasteiger charge is 2.30. The Kier molecular flexibility index (Phi) is 9.02. The molecule has 1 saturated heterocycles. The van der Waals surface area contributed by atoms with E-state index in [-0.39, 0.29) is 5.91 Å². The van der Waals surface area contributed by atoms with Gasteiger partial charge in [0.2, 0.25) is 0 Å². The van der Waals surface area contributed by atoms with Crippen LogP contribution in [-0.2, 0) is 4.79 Å². The smallest absolute Gasteiger partial charge is 0.266 e. The molecule has 2 aromatic carbocycles. The molecule has 1 fully saturated rings. The lowest BCUT2D eigenvalue weighted by molar-refractivity contribution is -0.121. The molecule has 32 heavy (non-hydrogen) atoms. The van der Waals surface area contributed by atoms with Crippen molar-refractivity contribution in [2.45, 2.75) is 39.5 Å². The van der Waals surface area contributed by atoms with Crippen LogP contribution in [0.1, 0.15) is 50.7 Å². The number of likely N-dealkylation sites (N-methyl/N-ethyl adjacent to an activating group) is 1. The number of carbonyl (C=O) groups is 1. The number of benzene rings is 2. The Bertz CT molecular complexity index is 991. The van der Waals surface area contributed by atoms with Crippen LogP contribution >= 0.6 is 35.6 Å². The first-order chi connectivity index (χ1) is 15.4. The Morgan fingerprint density at radius 2 is 1.84 bits per heavy atom. The summed E-state index contributed by atoms with van der Waals surface area (Å²) in [6.45, 7) is 7.93. The van der Waals surface area contributed by atoms with Gasteiger partial charge in [-0.1, -0.05) is 61.6 Å². The van der Waals surface area contributed by atoms with Crippen LogP contribution in [0.4, 0.5) is 0 Å². The van der Waals surface area contributed by atoms with Crippen molar-refractivity contribution in [2.75, 3.05) is 19.8 Å². The molecule has 1 unspecified atom stereocenters. The maximum absolute atomic E-state index is 12.5. The summed E-state index contributed by atoms with van der Waals surface area (Å²) in [5.41, 5.74) is 2.09. The Morgan fingerprint density at radius 1 is 1.12 bits per heavy atom. The van der Waals surface area contributed by atoms with E-state index in [1.807, 2.05) is 25.1 Å². The fourth-order valence-electron chi connectivity index (χ4n) is 3.24. The zero-order chi connectivity index (χ0) is 23.1. The van der Waals surface area contributed by atoms with Crippen molar-refractivity contribution in [3.8, 4) is 11.5 Å². The molecular formula is C25H28ClNO3S2. The molecule has 0 bridgehead atoms. The molecule has 3 rings (SSSR count). The minimum atomic E-state index is -0.0822. The number of rotatable bonds is 10. The van der Waals surface area contributed by atoms with Crippen LogP contribution in [0, 0.1) is 0 Å². The zero-order valence-corrected chi connectivity index (χ0v) is 21.0. The molecule has 0 saturated carbocycles. The van der Waals surface area contributed by atoms with Crippen molar-refractivity contribution in [2.24, 2.45) is 0 Å². The average molecular weight is 490 g/mol. The van der Waals surface area contributed by atoms with Gasteiger partial charge < -0.3 is 9.47 Å². The molecular weight excluding hydrogens is 462 g/mol. The van der Waals surface area contributed by atoms with Crippen LogP contribution in [0.5, 0.6) is 11.5 Å². The molecule has 1 atom stereocenters. The highest BCUT2D eigenvalue weighted by atomic mass is 35.5. The number of nitrogens with zero attached hydrogens (tertiary/aromatic N) is 1. The van der Waals surface area contributed by atoms with Crippen LogP contribution < -0.4 is 9.47 Å². The van der Waals surface area contributed by atoms with Gasteiger partial charge in [0.15, 0.2) is 0 Å². The predicted molar refractivity (Wildman–Crippen MR) is 138 cm³/mol. The van der Waals surface area contributed by atoms with Gasteiger partial charge in [-0.3, -0.25) is 9.69 Å². The van der Waals surface area contributed by atoms with Crippen LogP contribution in [0.15, 0.2) is 47.4 Å². The lowest BCUT2D eigenvalue weighted by Crippen LogP contribution is -2.27. The quantitative estimate of drug-likeness (QED) is 0.206. The largest absolute Gasteiger partial charge is 0.493 e. The molecule has 1 aliphatic heterocycles. The van der Waals surface area contributed by atoms with E-state index in [0.717, 1.165) is 24.2 Å². The number of carbonyl (C=O) groups excluding carboxylic acids is 1. The first kappa shape index (κ1) is 24.6. The van der Waals surface area contributed by atoms with E-state index in [4.69, 9.17) is 33.3 Å². The molecule has 0 radical (unpaired) electrons. The molecule has 170 valence electrons. The second-order valence-corrected chi connectivity index (χ2v) is 9.65. The Labute approximate surface area is 204 Å². The number of halogens is 1. The van der Waals surface area contributed by atoms with Gasteiger partial charge in [-0.05, 0) is 61.2 Å². The Balaban J connectivity index is 1.55. The molecule has 2 aromatic rings. The van der Waals surface area contributed by atoms with Crippen LogP contribution in [0.3, 0.4) is 0 Å². The third-order valence-corrected chi connectivity index (χ3v) is 6.94. The van der Waals surface area contributed by atoms with Gasteiger partial charge in [0.25, 0.3) is 5.91 Å². The lowest BCUT2D eigenvalue weighted by atomic mass is 9.99. The van der Waals surface area contributed by atoms with Gasteiger partial charge in [0.05, 0.1) is 18.1 Å². The van der Waals surface area contributed by atoms with Crippen molar-refractivity contribution in [3.05, 3.63) is 63.5 Å². The van der Waals surface area contributed by atoms with Crippen molar-refractivity contribution in [1.82, 2.24) is 4.90 Å². The van der Waals surface area contributed by atoms with Crippen LogP contribution in [0.2, 0.25) is 5.02 Å². The number of thiocarbonyl (C=S) groups is 1. The minimum absolute atomic E-state index is 0.0822. The van der Waals surface area contributed by atoms with E-state index in [0.29, 0.717) is 45.7 Å². The predicted octanol–water partition coefficient (Wildman–Crippen LogP) is 6.92. The molecule has 1 heterocycles. The van der Waals surface area contributed by atoms with E-state index in [1.54, 1.807) is 23.1 Å². The highest BCUT2D eigenvalue weighted by Crippen LogP contribution is 2.35. The molecule has 1 amide bonds. The van der Waals surface area contributed by atoms with Gasteiger partial charge in [-0.2, -0.15) is 0 Å². The summed E-state index contributed by atoms with van der Waals surface area (Å²) in [7, 11) is 0. The molecule has 0 aliphatic carbocycles. The molecule has 0 aromatic heterocycles. The first-order valence-corrected chi connectivity index (χ1v) is 12.4. The maximum atomic E-state index is 12.5. The Hall–Kier alpha value is -2.02. The zero-order valence-electron chi connectivity index (χ0n) is 18.6. The SMILES string of the molecule is CCC(C)c1ccc(OCCCOc2ccc(Cl)cc2/C=C2\SC(=S)N(CC)C2=O)cc1. The minimum Gasteiger partial charge on any atom is -0.493 e. The van der Waals surface area contributed by atoms with Crippen molar-refractivity contribution in [1.29, 1.82) is 0 Å². The first-order valence-electron chi connectivity index (χ1n) is 10.8. The van der Waals surface area contributed by atoms with E-state index in [2.05, 4.69) is 26.0 Å². The number of amides is 1. The molecule has 1 aliphatic rings. The van der Waals surface area contributed by atoms with E-state index >= 15 is 0 Å². The number of ether oxygens (including phenoxy) is 2. The maximum Gasteiger partial charge on any atom is 0.266 e. The molecule has 0 spiro atoms. The fourth-order valence-corrected chi connectivity index (χ4v) is 4.79. The summed E-state index contributed by atoms with van der Waals surface area (Å²) in [5, 5.41) is 0.582. The number of thioether (sulfide) groups is 1. The topological polar surface area (TPSA) is 38.8 Å². The van der Waals surface area contributed by atoms with E-state index < -0.39 is 0 Å². The standard InChI is InChI=1S/C25H28ClNO3S2/c1-4-17(3)18-7-10-21(11-8-18)29-13-6-14-30-22-12-9-20(26)15-19(22)16-23-24(28)27(5-2)25(31)32-23/h7-12,15-17H,4-6,13-14H2,1-3H3/b23-16-. The Morgan fingerprint density at radius 3 is 2.50 bits per heavy atom. The number of hydrogen-bond donors (Lipinski definition) is 0. The van der Waals surface area contributed by atoms with Crippen molar-refractivity contribution < 1.29 is 14.3 Å². The van der Waals surface area contributed by atoms with Gasteiger partial charge in [-0.15, -0.1) is 0 Å². The summed E-state index contributed by atoms with van der Waals surface area (Å²) in [4.78, 5) is 14.7. The van der Waals surface area contributed by atoms with Crippen molar-refractivity contribution in [3.63, 3.8) is 0 Å². The normalized spacial score (nSPS) is 16.0. The van der Waals surface area contributed by atoms with Gasteiger partial charge in [0, 0.05) is 23.6 Å². The lowest BCUT2D eigenvalue weighted by Gasteiger charge is -2.12. The monoisotopic (exact) mass is 489 g/mol. The van der Waals surface area contributed by atoms with Crippen LogP contribution in [-0.4, -0.2) is 34.9 Å². The second-order valence-electron chi connectivity index (χ2n) is 7.54. The summed E-state index contributed by atoms with van der Waals surface area (Å²) in [5.74, 6) is 2.01. The van der Waals surface area contributed by atoms with E-state index in [1.165, 1.54) is 17.3 Å². The molecule has 0 N–H and O–H groups in total. The number of hydrogen-bond acceptors (Lipinski definition) is 5. The van der Waals surface area contributed by atoms with Crippen molar-refractivity contribution >= 4 is 51.9 Å². The van der Waals surface area contributed by atoms with Crippen LogP contribution in [0.25, 0.3) is 6.08 Å². The summed E-state index contributed by atoms with van der Waals surface area (Å²) in [6, 6.07) is 13.7. The van der Waals surface area contributed by atoms with Gasteiger partial charge >= 0.3 is 0 Å². The summed E-state index contributed by atoms with van der Waals surface area (Å²) in [6.07, 6.45) is 3.65. The molecule has 4 nitrogen and oxygen atoms in total. The average Bonchev–Trinajstić information content (AvgIpc) is 3.06. The third kappa shape index (κ3) is 6.27. The highest BCUT2D eigenvalue weighted by molar-refractivity contribution is 8.26. The summed E-state index contributed by atoms with van der Waals surface area (Å²) < 4.78 is 12.4. The second kappa shape index (κ2) is 11.7. The fraction of sp³-hybridized carbons (Fsp3) is 0.360. The van der Waals surface area contributed by atoms with Gasteiger partial charge in [-0.25, -0.2) is 0 Å². The molecule has 7 heteroatoms. The third-order valence-electron chi connectivity index (χ3n) is 5.32.